The monoisotopic (exact) mass is 267 g/mol. The summed E-state index contributed by atoms with van der Waals surface area (Å²) in [6, 6.07) is 3.21. The Morgan fingerprint density at radius 2 is 1.79 bits per heavy atom. The van der Waals surface area contributed by atoms with Crippen LogP contribution in [0, 0.1) is 0 Å². The Labute approximate surface area is 119 Å². The van der Waals surface area contributed by atoms with Crippen molar-refractivity contribution in [2.24, 2.45) is 0 Å². The molecule has 19 heavy (non-hydrogen) atoms. The first-order chi connectivity index (χ1) is 9.11. The topological polar surface area (TPSA) is 18.5 Å². The van der Waals surface area contributed by atoms with E-state index in [1.54, 1.807) is 0 Å². The largest absolute Gasteiger partial charge is 0.317 e. The van der Waals surface area contributed by atoms with Crippen LogP contribution in [0.25, 0.3) is 0 Å². The first-order valence-corrected chi connectivity index (χ1v) is 8.25. The van der Waals surface area contributed by atoms with Crippen molar-refractivity contribution in [3.8, 4) is 0 Å². The van der Waals surface area contributed by atoms with Gasteiger partial charge in [0.1, 0.15) is 0 Å². The fourth-order valence-corrected chi connectivity index (χ4v) is 3.79. The molecule has 2 atom stereocenters. The lowest BCUT2D eigenvalue weighted by Gasteiger charge is -2.39. The summed E-state index contributed by atoms with van der Waals surface area (Å²) in [7, 11) is 4.37. The minimum Gasteiger partial charge on any atom is -0.317 e. The normalized spacial score (nSPS) is 31.6. The molecule has 2 saturated heterocycles. The molecule has 2 fully saturated rings. The van der Waals surface area contributed by atoms with Crippen LogP contribution in [0.1, 0.15) is 52.4 Å². The van der Waals surface area contributed by atoms with Crippen molar-refractivity contribution in [2.45, 2.75) is 76.5 Å². The second-order valence-corrected chi connectivity index (χ2v) is 6.86. The van der Waals surface area contributed by atoms with Gasteiger partial charge in [0.15, 0.2) is 0 Å². The van der Waals surface area contributed by atoms with Crippen LogP contribution in [-0.4, -0.2) is 61.2 Å². The summed E-state index contributed by atoms with van der Waals surface area (Å²) in [6.45, 7) is 7.14. The zero-order valence-electron chi connectivity index (χ0n) is 13.4. The number of rotatable bonds is 7. The number of hydrogen-bond donors (Lipinski definition) is 1. The van der Waals surface area contributed by atoms with E-state index in [4.69, 9.17) is 0 Å². The van der Waals surface area contributed by atoms with Gasteiger partial charge in [0.05, 0.1) is 0 Å². The average molecular weight is 267 g/mol. The third-order valence-electron chi connectivity index (χ3n) is 5.35. The van der Waals surface area contributed by atoms with E-state index < -0.39 is 0 Å². The molecule has 2 aliphatic heterocycles. The molecule has 0 spiro atoms. The van der Waals surface area contributed by atoms with E-state index in [0.717, 1.165) is 18.1 Å². The van der Waals surface area contributed by atoms with Gasteiger partial charge < -0.3 is 10.2 Å². The van der Waals surface area contributed by atoms with Gasteiger partial charge in [-0.3, -0.25) is 4.90 Å². The van der Waals surface area contributed by atoms with Gasteiger partial charge in [0.25, 0.3) is 0 Å². The fraction of sp³-hybridized carbons (Fsp3) is 1.00. The van der Waals surface area contributed by atoms with Crippen LogP contribution >= 0.6 is 0 Å². The standard InChI is InChI=1S/C16H33N3/c1-13(2)18(4)9-5-6-10-19-15-7-8-16(19)12-14(11-15)17-3/h13-17H,5-12H2,1-4H3. The molecule has 0 aromatic carbocycles. The van der Waals surface area contributed by atoms with Gasteiger partial charge in [-0.25, -0.2) is 0 Å². The summed E-state index contributed by atoms with van der Waals surface area (Å²) in [4.78, 5) is 5.28. The van der Waals surface area contributed by atoms with E-state index in [9.17, 15) is 0 Å². The van der Waals surface area contributed by atoms with Crippen LogP contribution < -0.4 is 5.32 Å². The van der Waals surface area contributed by atoms with Gasteiger partial charge in [0.2, 0.25) is 0 Å². The van der Waals surface area contributed by atoms with Crippen molar-refractivity contribution in [1.29, 1.82) is 0 Å². The molecule has 0 radical (unpaired) electrons. The predicted molar refractivity (Wildman–Crippen MR) is 82.6 cm³/mol. The van der Waals surface area contributed by atoms with Gasteiger partial charge in [-0.1, -0.05) is 0 Å². The highest BCUT2D eigenvalue weighted by atomic mass is 15.2. The third-order valence-corrected chi connectivity index (χ3v) is 5.35. The molecular formula is C16H33N3. The van der Waals surface area contributed by atoms with Crippen LogP contribution in [0.5, 0.6) is 0 Å². The predicted octanol–water partition coefficient (Wildman–Crippen LogP) is 2.32. The Balaban J connectivity index is 1.67. The van der Waals surface area contributed by atoms with Gasteiger partial charge in [0, 0.05) is 24.2 Å². The second kappa shape index (κ2) is 7.05. The van der Waals surface area contributed by atoms with E-state index in [2.05, 4.69) is 43.1 Å². The molecule has 2 bridgehead atoms. The van der Waals surface area contributed by atoms with Crippen LogP contribution in [0.3, 0.4) is 0 Å². The van der Waals surface area contributed by atoms with Gasteiger partial charge in [-0.15, -0.1) is 0 Å². The lowest BCUT2D eigenvalue weighted by molar-refractivity contribution is 0.115. The lowest BCUT2D eigenvalue weighted by atomic mass is 9.97. The molecule has 0 aromatic rings. The summed E-state index contributed by atoms with van der Waals surface area (Å²) in [5.74, 6) is 0. The Morgan fingerprint density at radius 1 is 1.16 bits per heavy atom. The highest BCUT2D eigenvalue weighted by molar-refractivity contribution is 4.96. The van der Waals surface area contributed by atoms with Crippen LogP contribution in [0.4, 0.5) is 0 Å². The average Bonchev–Trinajstić information content (AvgIpc) is 2.63. The maximum Gasteiger partial charge on any atom is 0.0114 e. The van der Waals surface area contributed by atoms with Crippen molar-refractivity contribution in [2.75, 3.05) is 27.2 Å². The smallest absolute Gasteiger partial charge is 0.0114 e. The summed E-state index contributed by atoms with van der Waals surface area (Å²) < 4.78 is 0. The molecule has 3 heteroatoms. The zero-order chi connectivity index (χ0) is 13.8. The van der Waals surface area contributed by atoms with E-state index in [-0.39, 0.29) is 0 Å². The summed E-state index contributed by atoms with van der Waals surface area (Å²) in [5.41, 5.74) is 0. The minimum absolute atomic E-state index is 0.683. The molecule has 2 aliphatic rings. The van der Waals surface area contributed by atoms with E-state index in [1.807, 2.05) is 0 Å². The van der Waals surface area contributed by atoms with Gasteiger partial charge in [-0.05, 0) is 79.6 Å². The molecule has 112 valence electrons. The molecule has 0 amide bonds. The minimum atomic E-state index is 0.683. The van der Waals surface area contributed by atoms with Crippen LogP contribution in [0.2, 0.25) is 0 Å². The van der Waals surface area contributed by atoms with Crippen molar-refractivity contribution in [3.63, 3.8) is 0 Å². The highest BCUT2D eigenvalue weighted by Gasteiger charge is 2.39. The number of hydrogen-bond acceptors (Lipinski definition) is 3. The van der Waals surface area contributed by atoms with Crippen molar-refractivity contribution in [1.82, 2.24) is 15.1 Å². The molecule has 0 aromatic heterocycles. The molecular weight excluding hydrogens is 234 g/mol. The molecule has 2 rings (SSSR count). The van der Waals surface area contributed by atoms with Crippen LogP contribution in [-0.2, 0) is 0 Å². The zero-order valence-corrected chi connectivity index (χ0v) is 13.4. The molecule has 0 aliphatic carbocycles. The van der Waals surface area contributed by atoms with Crippen molar-refractivity contribution < 1.29 is 0 Å². The number of nitrogens with one attached hydrogen (secondary N) is 1. The molecule has 2 heterocycles. The SMILES string of the molecule is CNC1CC2CCC(C1)N2CCCCN(C)C(C)C. The lowest BCUT2D eigenvalue weighted by Crippen LogP contribution is -2.48. The van der Waals surface area contributed by atoms with E-state index >= 15 is 0 Å². The van der Waals surface area contributed by atoms with Gasteiger partial charge in [-0.2, -0.15) is 0 Å². The molecule has 0 saturated carbocycles. The number of nitrogens with zero attached hydrogens (tertiary/aromatic N) is 2. The maximum absolute atomic E-state index is 3.49. The van der Waals surface area contributed by atoms with Gasteiger partial charge >= 0.3 is 0 Å². The Hall–Kier alpha value is -0.120. The number of piperidine rings is 1. The molecule has 3 nitrogen and oxygen atoms in total. The number of unbranched alkanes of at least 4 members (excludes halogenated alkanes) is 1. The van der Waals surface area contributed by atoms with E-state index in [1.165, 1.54) is 51.6 Å². The Morgan fingerprint density at radius 3 is 2.32 bits per heavy atom. The first kappa shape index (κ1) is 15.3. The first-order valence-electron chi connectivity index (χ1n) is 8.25. The highest BCUT2D eigenvalue weighted by Crippen LogP contribution is 2.35. The summed E-state index contributed by atoms with van der Waals surface area (Å²) in [5, 5.41) is 3.49. The quantitative estimate of drug-likeness (QED) is 0.714. The van der Waals surface area contributed by atoms with E-state index in [0.29, 0.717) is 6.04 Å². The fourth-order valence-electron chi connectivity index (χ4n) is 3.79. The maximum atomic E-state index is 3.49. The molecule has 2 unspecified atom stereocenters. The second-order valence-electron chi connectivity index (χ2n) is 6.86. The van der Waals surface area contributed by atoms with Crippen LogP contribution in [0.15, 0.2) is 0 Å². The summed E-state index contributed by atoms with van der Waals surface area (Å²) >= 11 is 0. The Bertz CT molecular complexity index is 253. The van der Waals surface area contributed by atoms with Crippen molar-refractivity contribution in [3.05, 3.63) is 0 Å². The third kappa shape index (κ3) is 3.93. The summed E-state index contributed by atoms with van der Waals surface area (Å²) in [6.07, 6.45) is 8.34. The molecule has 1 N–H and O–H groups in total. The Kier molecular flexibility index (Phi) is 5.67. The number of fused-ring (bicyclic) bond motifs is 2. The van der Waals surface area contributed by atoms with Crippen molar-refractivity contribution >= 4 is 0 Å².